The van der Waals surface area contributed by atoms with Crippen LogP contribution in [0.25, 0.3) is 32.9 Å². The molecule has 0 spiro atoms. The summed E-state index contributed by atoms with van der Waals surface area (Å²) in [5, 5.41) is 3.38. The molecule has 14 rings (SSSR count). The zero-order valence-corrected chi connectivity index (χ0v) is 49.6. The SMILES string of the molecule is CC(C)(C)c1ccc(N(c2ccccc2)c2cc3c4c(c2)N(c2cccc5c2oc2ccccc25)c2cc5c(cc2B4c2oc4cc6c(cc4c2N3c2ccc(C(C)(C)C)cc2)C(C)(C)CCC6(C)C)C(C)(C)CCC5(C)C)cc1. The van der Waals surface area contributed by atoms with Gasteiger partial charge in [0.1, 0.15) is 11.2 Å². The largest absolute Gasteiger partial charge is 0.468 e. The molecular formula is C74H76BN3O2. The fraction of sp³-hybridized carbons (Fsp3) is 0.324. The van der Waals surface area contributed by atoms with Crippen LogP contribution in [-0.4, -0.2) is 6.71 Å². The summed E-state index contributed by atoms with van der Waals surface area (Å²) in [5.74, 6) is 0. The van der Waals surface area contributed by atoms with Crippen LogP contribution in [0.5, 0.6) is 0 Å². The minimum atomic E-state index is -0.247. The number of fused-ring (bicyclic) bond motifs is 11. The molecule has 0 saturated heterocycles. The fourth-order valence-electron chi connectivity index (χ4n) is 14.4. The molecule has 0 atom stereocenters. The standard InChI is InChI=1S/C74H76BN3O2/c1-69(2,3)45-27-31-48(32-28-45)76(47-21-16-15-17-22-47)50-39-61-65-62(40-50)78(59-25-20-24-52-51-23-18-19-26-63(51)79-67(52)59)60-43-56-55(72(9,10)36-37-73(56,11)12)42-58(60)75(65)68-66(77(61)49-33-29-46(30-34-49)70(4,5)6)53-41-54-57(44-64(53)80-68)74(13,14)38-35-71(54,7)8/h15-34,39-44H,35-38H2,1-14H3. The quantitative estimate of drug-likeness (QED) is 0.161. The van der Waals surface area contributed by atoms with Gasteiger partial charge in [-0.1, -0.05) is 176 Å². The second-order valence-electron chi connectivity index (χ2n) is 28.7. The maximum Gasteiger partial charge on any atom is 0.297 e. The van der Waals surface area contributed by atoms with Crippen molar-refractivity contribution in [1.82, 2.24) is 0 Å². The van der Waals surface area contributed by atoms with E-state index in [1.165, 1.54) is 50.0 Å². The smallest absolute Gasteiger partial charge is 0.297 e. The van der Waals surface area contributed by atoms with E-state index in [2.05, 4.69) is 269 Å². The Hall–Kier alpha value is -7.44. The Morgan fingerprint density at radius 1 is 0.425 bits per heavy atom. The summed E-state index contributed by atoms with van der Waals surface area (Å²) in [6, 6.07) is 60.1. The molecule has 10 aromatic rings. The molecule has 0 bridgehead atoms. The molecule has 4 heterocycles. The van der Waals surface area contributed by atoms with Crippen molar-refractivity contribution in [2.45, 2.75) is 155 Å². The third-order valence-electron chi connectivity index (χ3n) is 19.5. The zero-order chi connectivity index (χ0) is 55.8. The lowest BCUT2D eigenvalue weighted by Crippen LogP contribution is -2.61. The minimum absolute atomic E-state index is 0.00110. The van der Waals surface area contributed by atoms with Crippen molar-refractivity contribution >= 4 is 107 Å². The van der Waals surface area contributed by atoms with Gasteiger partial charge in [0.15, 0.2) is 5.58 Å². The maximum atomic E-state index is 7.81. The first-order valence-electron chi connectivity index (χ1n) is 29.4. The van der Waals surface area contributed by atoms with E-state index in [1.807, 2.05) is 0 Å². The summed E-state index contributed by atoms with van der Waals surface area (Å²) >= 11 is 0. The number of rotatable bonds is 5. The number of benzene rings is 8. The Morgan fingerprint density at radius 3 is 1.57 bits per heavy atom. The topological polar surface area (TPSA) is 36.0 Å². The van der Waals surface area contributed by atoms with Crippen molar-refractivity contribution in [2.24, 2.45) is 0 Å². The fourth-order valence-corrected chi connectivity index (χ4v) is 14.4. The molecule has 0 unspecified atom stereocenters. The molecule has 6 heteroatoms. The van der Waals surface area contributed by atoms with Crippen molar-refractivity contribution in [1.29, 1.82) is 0 Å². The van der Waals surface area contributed by atoms with Gasteiger partial charge in [0, 0.05) is 50.3 Å². The van der Waals surface area contributed by atoms with Crippen molar-refractivity contribution in [3.63, 3.8) is 0 Å². The average Bonchev–Trinajstić information content (AvgIpc) is 4.03. The first-order chi connectivity index (χ1) is 37.9. The molecule has 4 aliphatic rings. The lowest BCUT2D eigenvalue weighted by molar-refractivity contribution is 0.332. The summed E-state index contributed by atoms with van der Waals surface area (Å²) in [5.41, 5.74) is 24.2. The van der Waals surface area contributed by atoms with E-state index in [-0.39, 0.29) is 39.2 Å². The summed E-state index contributed by atoms with van der Waals surface area (Å²) < 4.78 is 14.9. The molecule has 80 heavy (non-hydrogen) atoms. The van der Waals surface area contributed by atoms with E-state index in [1.54, 1.807) is 0 Å². The first-order valence-corrected chi connectivity index (χ1v) is 29.4. The lowest BCUT2D eigenvalue weighted by atomic mass is 9.35. The molecule has 0 amide bonds. The van der Waals surface area contributed by atoms with Gasteiger partial charge in [0.2, 0.25) is 0 Å². The van der Waals surface area contributed by atoms with Crippen LogP contribution in [0, 0.1) is 0 Å². The molecule has 5 nitrogen and oxygen atoms in total. The van der Waals surface area contributed by atoms with Gasteiger partial charge in [-0.25, -0.2) is 0 Å². The lowest BCUT2D eigenvalue weighted by Gasteiger charge is -2.47. The third-order valence-corrected chi connectivity index (χ3v) is 19.5. The summed E-state index contributed by atoms with van der Waals surface area (Å²) in [7, 11) is 0. The van der Waals surface area contributed by atoms with E-state index in [4.69, 9.17) is 8.83 Å². The van der Waals surface area contributed by atoms with E-state index in [0.29, 0.717) is 0 Å². The van der Waals surface area contributed by atoms with Gasteiger partial charge in [0.05, 0.1) is 22.7 Å². The minimum Gasteiger partial charge on any atom is -0.468 e. The molecule has 2 aromatic heterocycles. The second-order valence-corrected chi connectivity index (χ2v) is 28.7. The van der Waals surface area contributed by atoms with Gasteiger partial charge in [-0.2, -0.15) is 0 Å². The number of para-hydroxylation sites is 3. The molecule has 0 N–H and O–H groups in total. The third kappa shape index (κ3) is 7.63. The molecule has 2 aliphatic carbocycles. The Bertz CT molecular complexity index is 4160. The van der Waals surface area contributed by atoms with Gasteiger partial charge in [0.25, 0.3) is 6.71 Å². The Labute approximate surface area is 474 Å². The van der Waals surface area contributed by atoms with Crippen molar-refractivity contribution < 1.29 is 8.83 Å². The van der Waals surface area contributed by atoms with Crippen LogP contribution in [0.1, 0.15) is 156 Å². The van der Waals surface area contributed by atoms with E-state index < -0.39 is 0 Å². The van der Waals surface area contributed by atoms with E-state index in [9.17, 15) is 0 Å². The Kier molecular flexibility index (Phi) is 10.8. The molecule has 2 aliphatic heterocycles. The number of furan rings is 2. The van der Waals surface area contributed by atoms with Crippen LogP contribution < -0.4 is 31.3 Å². The predicted octanol–water partition coefficient (Wildman–Crippen LogP) is 19.2. The van der Waals surface area contributed by atoms with E-state index >= 15 is 0 Å². The first kappa shape index (κ1) is 50.8. The van der Waals surface area contributed by atoms with Crippen molar-refractivity contribution in [3.05, 3.63) is 191 Å². The summed E-state index contributed by atoms with van der Waals surface area (Å²) in [6.07, 6.45) is 4.47. The molecular weight excluding hydrogens is 974 g/mol. The second kappa shape index (κ2) is 17.1. The Morgan fingerprint density at radius 2 is 0.950 bits per heavy atom. The van der Waals surface area contributed by atoms with E-state index in [0.717, 1.165) is 110 Å². The van der Waals surface area contributed by atoms with Crippen LogP contribution in [-0.2, 0) is 32.5 Å². The van der Waals surface area contributed by atoms with Crippen molar-refractivity contribution in [2.75, 3.05) is 14.7 Å². The van der Waals surface area contributed by atoms with Gasteiger partial charge < -0.3 is 23.5 Å². The highest BCUT2D eigenvalue weighted by Gasteiger charge is 2.50. The normalized spacial score (nSPS) is 17.5. The van der Waals surface area contributed by atoms with Crippen LogP contribution in [0.4, 0.5) is 51.2 Å². The molecule has 402 valence electrons. The molecule has 8 aromatic carbocycles. The number of anilines is 9. The molecule has 0 radical (unpaired) electrons. The number of nitrogens with zero attached hydrogens (tertiary/aromatic N) is 3. The highest BCUT2D eigenvalue weighted by Crippen LogP contribution is 2.56. The van der Waals surface area contributed by atoms with Crippen LogP contribution in [0.2, 0.25) is 0 Å². The van der Waals surface area contributed by atoms with Gasteiger partial charge in [-0.05, 0) is 181 Å². The predicted molar refractivity (Wildman–Crippen MR) is 340 cm³/mol. The number of hydrogen-bond donors (Lipinski definition) is 0. The van der Waals surface area contributed by atoms with Gasteiger partial charge >= 0.3 is 0 Å². The molecule has 0 fully saturated rings. The van der Waals surface area contributed by atoms with Crippen LogP contribution in [0.15, 0.2) is 167 Å². The number of hydrogen-bond acceptors (Lipinski definition) is 5. The maximum absolute atomic E-state index is 7.81. The monoisotopic (exact) mass is 1050 g/mol. The average molecular weight is 1050 g/mol. The summed E-state index contributed by atoms with van der Waals surface area (Å²) in [4.78, 5) is 7.64. The van der Waals surface area contributed by atoms with Crippen LogP contribution in [0.3, 0.4) is 0 Å². The van der Waals surface area contributed by atoms with Crippen molar-refractivity contribution in [3.8, 4) is 0 Å². The van der Waals surface area contributed by atoms with Gasteiger partial charge in [-0.15, -0.1) is 0 Å². The molecule has 0 saturated carbocycles. The van der Waals surface area contributed by atoms with Gasteiger partial charge in [-0.3, -0.25) is 0 Å². The van der Waals surface area contributed by atoms with Crippen LogP contribution >= 0.6 is 0 Å². The zero-order valence-electron chi connectivity index (χ0n) is 49.6. The highest BCUT2D eigenvalue weighted by atomic mass is 16.3. The Balaban J connectivity index is 1.16. The highest BCUT2D eigenvalue weighted by molar-refractivity contribution is 7.00. The summed E-state index contributed by atoms with van der Waals surface area (Å²) in [6.45, 7) is 33.2.